The van der Waals surface area contributed by atoms with Crippen LogP contribution in [0.15, 0.2) is 12.7 Å². The van der Waals surface area contributed by atoms with Gasteiger partial charge in [-0.1, -0.05) is 7.43 Å². The summed E-state index contributed by atoms with van der Waals surface area (Å²) in [6, 6.07) is 0. The van der Waals surface area contributed by atoms with E-state index < -0.39 is 0 Å². The van der Waals surface area contributed by atoms with E-state index in [1.54, 1.807) is 0 Å². The van der Waals surface area contributed by atoms with Crippen molar-refractivity contribution in [2.45, 2.75) is 12.3 Å². The van der Waals surface area contributed by atoms with Crippen LogP contribution in [0.5, 0.6) is 0 Å². The first kappa shape index (κ1) is 9.04. The fraction of sp³-hybridized carbons (Fsp3) is 0.500. The zero-order valence-corrected chi connectivity index (χ0v) is 3.86. The Bertz CT molecular complexity index is 17.6. The summed E-state index contributed by atoms with van der Waals surface area (Å²) >= 11 is 2.92. The molecule has 0 unspecified atom stereocenters. The molecule has 0 saturated heterocycles. The Morgan fingerprint density at radius 1 is 1.80 bits per heavy atom. The van der Waals surface area contributed by atoms with Gasteiger partial charge in [0.2, 0.25) is 0 Å². The van der Waals surface area contributed by atoms with Gasteiger partial charge < -0.3 is 0 Å². The second-order valence-corrected chi connectivity index (χ2v) is 1.05. The zero-order chi connectivity index (χ0) is 3.41. The molecule has 0 heterocycles. The summed E-state index contributed by atoms with van der Waals surface area (Å²) in [6.45, 7) is 3.44. The van der Waals surface area contributed by atoms with Crippen LogP contribution in [0.4, 0.5) is 0 Å². The van der Waals surface area contributed by atoms with Crippen LogP contribution in [0.25, 0.3) is 0 Å². The topological polar surface area (TPSA) is 0 Å². The van der Waals surface area contributed by atoms with Gasteiger partial charge >= 0.3 is 36.8 Å². The van der Waals surface area contributed by atoms with Gasteiger partial charge in [0.1, 0.15) is 0 Å². The Labute approximate surface area is 44.7 Å². The van der Waals surface area contributed by atoms with Gasteiger partial charge in [-0.2, -0.15) is 0 Å². The summed E-state index contributed by atoms with van der Waals surface area (Å²) in [6.07, 6.45) is 1.81. The summed E-state index contributed by atoms with van der Waals surface area (Å²) < 4.78 is 0. The van der Waals surface area contributed by atoms with Crippen LogP contribution in [0.3, 0.4) is 0 Å². The van der Waals surface area contributed by atoms with E-state index in [0.717, 1.165) is 4.89 Å². The van der Waals surface area contributed by atoms with Crippen LogP contribution >= 0.6 is 0 Å². The predicted molar refractivity (Wildman–Crippen MR) is 21.7 cm³/mol. The quantitative estimate of drug-likeness (QED) is 0.408. The number of allylic oxidation sites excluding steroid dienone is 1. The molecule has 0 saturated carbocycles. The number of hydrogen-bond acceptors (Lipinski definition) is 0. The van der Waals surface area contributed by atoms with Crippen molar-refractivity contribution >= 4 is 0 Å². The molecule has 0 N–H and O–H groups in total. The second kappa shape index (κ2) is 8.83. The van der Waals surface area contributed by atoms with Crippen molar-refractivity contribution in [3.63, 3.8) is 0 Å². The molecule has 0 fully saturated rings. The minimum absolute atomic E-state index is 0. The molecule has 5 heavy (non-hydrogen) atoms. The third-order valence-corrected chi connectivity index (χ3v) is 0.540. The van der Waals surface area contributed by atoms with Gasteiger partial charge in [0.05, 0.1) is 0 Å². The number of rotatable bonds is 1. The Morgan fingerprint density at radius 3 is 2.00 bits per heavy atom. The summed E-state index contributed by atoms with van der Waals surface area (Å²) in [5.74, 6) is 0. The molecule has 0 aliphatic carbocycles. The third kappa shape index (κ3) is 12.9. The average Bonchev–Trinajstić information content (AvgIpc) is 1.37. The van der Waals surface area contributed by atoms with Crippen LogP contribution < -0.4 is 0 Å². The molecule has 0 nitrogen and oxygen atoms in total. The van der Waals surface area contributed by atoms with E-state index in [0.29, 0.717) is 0 Å². The molecule has 0 aliphatic rings. The van der Waals surface area contributed by atoms with Gasteiger partial charge in [-0.25, -0.2) is 0 Å². The minimum atomic E-state index is 0. The molecular weight excluding hydrogens is 154 g/mol. The SMILES string of the molecule is C.C=C[CH2][Pd]. The normalized spacial score (nSPS) is 5.20. The first-order chi connectivity index (χ1) is 1.91. The Morgan fingerprint density at radius 2 is 2.00 bits per heavy atom. The molecule has 0 bridgehead atoms. The van der Waals surface area contributed by atoms with Crippen molar-refractivity contribution in [1.82, 2.24) is 0 Å². The molecule has 0 radical (unpaired) electrons. The van der Waals surface area contributed by atoms with Gasteiger partial charge in [-0.15, -0.1) is 0 Å². The van der Waals surface area contributed by atoms with Crippen molar-refractivity contribution in [3.8, 4) is 0 Å². The molecule has 35 valence electrons. The zero-order valence-electron chi connectivity index (χ0n) is 2.31. The van der Waals surface area contributed by atoms with Crippen LogP contribution in [0.1, 0.15) is 7.43 Å². The van der Waals surface area contributed by atoms with E-state index in [1.807, 2.05) is 6.08 Å². The molecule has 0 aromatic carbocycles. The van der Waals surface area contributed by atoms with Gasteiger partial charge in [0.15, 0.2) is 0 Å². The summed E-state index contributed by atoms with van der Waals surface area (Å²) in [5.41, 5.74) is 0. The molecular formula is C4H9Pd. The summed E-state index contributed by atoms with van der Waals surface area (Å²) in [4.78, 5) is 0.933. The van der Waals surface area contributed by atoms with Crippen LogP contribution in [-0.4, -0.2) is 0 Å². The number of hydrogen-bond donors (Lipinski definition) is 0. The van der Waals surface area contributed by atoms with E-state index in [9.17, 15) is 0 Å². The van der Waals surface area contributed by atoms with E-state index in [-0.39, 0.29) is 7.43 Å². The summed E-state index contributed by atoms with van der Waals surface area (Å²) in [5, 5.41) is 0. The van der Waals surface area contributed by atoms with Crippen molar-refractivity contribution < 1.29 is 19.2 Å². The van der Waals surface area contributed by atoms with E-state index in [2.05, 4.69) is 25.8 Å². The maximum atomic E-state index is 3.44. The van der Waals surface area contributed by atoms with Gasteiger partial charge in [-0.3, -0.25) is 0 Å². The van der Waals surface area contributed by atoms with Crippen molar-refractivity contribution in [2.24, 2.45) is 0 Å². The van der Waals surface area contributed by atoms with Crippen LogP contribution in [0.2, 0.25) is 4.89 Å². The van der Waals surface area contributed by atoms with Crippen LogP contribution in [-0.2, 0) is 19.2 Å². The monoisotopic (exact) mass is 163 g/mol. The Kier molecular flexibility index (Phi) is 16.0. The molecule has 0 aromatic heterocycles. The fourth-order valence-corrected chi connectivity index (χ4v) is 0. The first-order valence-corrected chi connectivity index (χ1v) is 2.14. The maximum absolute atomic E-state index is 3.44. The van der Waals surface area contributed by atoms with Crippen molar-refractivity contribution in [3.05, 3.63) is 12.7 Å². The fourth-order valence-electron chi connectivity index (χ4n) is 0. The predicted octanol–water partition coefficient (Wildman–Crippen LogP) is 1.77. The first-order valence-electron chi connectivity index (χ1n) is 1.04. The molecule has 0 atom stereocenters. The molecule has 0 aromatic rings. The standard InChI is InChI=1S/C3H5.CH4.Pd/c1-3-2;;/h3H,1-2H2;1H4;. The summed E-state index contributed by atoms with van der Waals surface area (Å²) in [7, 11) is 0. The van der Waals surface area contributed by atoms with E-state index >= 15 is 0 Å². The molecule has 0 amide bonds. The molecule has 0 spiro atoms. The van der Waals surface area contributed by atoms with E-state index in [1.165, 1.54) is 0 Å². The molecule has 0 rings (SSSR count). The van der Waals surface area contributed by atoms with Gasteiger partial charge in [0.25, 0.3) is 0 Å². The Balaban J connectivity index is 0. The Hall–Kier alpha value is 0.402. The average molecular weight is 164 g/mol. The van der Waals surface area contributed by atoms with Crippen LogP contribution in [0, 0.1) is 0 Å². The second-order valence-electron chi connectivity index (χ2n) is 0.418. The van der Waals surface area contributed by atoms with E-state index in [4.69, 9.17) is 0 Å². The molecule has 0 aliphatic heterocycles. The van der Waals surface area contributed by atoms with Crippen molar-refractivity contribution in [1.29, 1.82) is 0 Å². The molecule has 1 heteroatoms. The van der Waals surface area contributed by atoms with Gasteiger partial charge in [0, 0.05) is 0 Å². The third-order valence-electron chi connectivity index (χ3n) is 0.0913. The van der Waals surface area contributed by atoms with Gasteiger partial charge in [-0.05, 0) is 0 Å². The van der Waals surface area contributed by atoms with Crippen molar-refractivity contribution in [2.75, 3.05) is 0 Å².